The number of hydrogen-bond acceptors (Lipinski definition) is 9. The maximum atomic E-state index is 12.4. The first-order chi connectivity index (χ1) is 17.2. The lowest BCUT2D eigenvalue weighted by molar-refractivity contribution is -0.112. The van der Waals surface area contributed by atoms with Crippen molar-refractivity contribution >= 4 is 38.5 Å². The molecule has 9 nitrogen and oxygen atoms in total. The van der Waals surface area contributed by atoms with E-state index in [1.54, 1.807) is 24.3 Å². The maximum absolute atomic E-state index is 12.4. The zero-order valence-corrected chi connectivity index (χ0v) is 21.8. The summed E-state index contributed by atoms with van der Waals surface area (Å²) in [6, 6.07) is 14.8. The van der Waals surface area contributed by atoms with Gasteiger partial charge in [-0.3, -0.25) is 10.1 Å². The molecule has 0 atom stereocenters. The topological polar surface area (TPSA) is 131 Å². The Morgan fingerprint density at radius 3 is 2.42 bits per heavy atom. The summed E-state index contributed by atoms with van der Waals surface area (Å²) in [6.45, 7) is 6.52. The van der Waals surface area contributed by atoms with E-state index in [2.05, 4.69) is 14.7 Å². The number of amides is 1. The minimum Gasteiger partial charge on any atom is -0.493 e. The third-order valence-electron chi connectivity index (χ3n) is 5.05. The summed E-state index contributed by atoms with van der Waals surface area (Å²) < 4.78 is 39.0. The van der Waals surface area contributed by atoms with Crippen LogP contribution < -0.4 is 14.8 Å². The Bertz CT molecular complexity index is 1370. The van der Waals surface area contributed by atoms with E-state index in [4.69, 9.17) is 9.47 Å². The van der Waals surface area contributed by atoms with E-state index >= 15 is 0 Å². The molecule has 0 saturated heterocycles. The van der Waals surface area contributed by atoms with Crippen molar-refractivity contribution in [3.8, 4) is 17.6 Å². The van der Waals surface area contributed by atoms with Gasteiger partial charge in [0.2, 0.25) is 15.0 Å². The SMILES string of the molecule is CCS(=O)(=O)c1nsc(NC(=O)C(C#N)=Cc2ccc(OCCCOc3c(C)cccc3C)cc2)n1. The Balaban J connectivity index is 1.52. The van der Waals surface area contributed by atoms with E-state index in [1.807, 2.05) is 38.1 Å². The summed E-state index contributed by atoms with van der Waals surface area (Å²) in [7, 11) is -3.58. The molecule has 3 aromatic rings. The van der Waals surface area contributed by atoms with Gasteiger partial charge in [-0.2, -0.15) is 14.6 Å². The van der Waals surface area contributed by atoms with Crippen molar-refractivity contribution in [2.24, 2.45) is 0 Å². The molecule has 188 valence electrons. The van der Waals surface area contributed by atoms with E-state index in [0.29, 0.717) is 30.9 Å². The van der Waals surface area contributed by atoms with Crippen LogP contribution in [0.1, 0.15) is 30.0 Å². The fourth-order valence-electron chi connectivity index (χ4n) is 3.11. The first kappa shape index (κ1) is 26.8. The second kappa shape index (κ2) is 12.3. The van der Waals surface area contributed by atoms with Crippen LogP contribution in [0.15, 0.2) is 53.2 Å². The van der Waals surface area contributed by atoms with Gasteiger partial charge in [0.1, 0.15) is 23.1 Å². The smallest absolute Gasteiger partial charge is 0.268 e. The van der Waals surface area contributed by atoms with Crippen molar-refractivity contribution in [1.82, 2.24) is 9.36 Å². The highest BCUT2D eigenvalue weighted by atomic mass is 32.2. The number of sulfone groups is 1. The molecule has 0 spiro atoms. The van der Waals surface area contributed by atoms with E-state index in [1.165, 1.54) is 13.0 Å². The Hall–Kier alpha value is -3.75. The molecule has 0 saturated carbocycles. The summed E-state index contributed by atoms with van der Waals surface area (Å²) in [5, 5.41) is 11.5. The number of hydrogen-bond donors (Lipinski definition) is 1. The molecule has 0 aliphatic rings. The fourth-order valence-corrected chi connectivity index (χ4v) is 4.69. The van der Waals surface area contributed by atoms with Crippen molar-refractivity contribution in [2.75, 3.05) is 24.3 Å². The minimum absolute atomic E-state index is 0.00140. The van der Waals surface area contributed by atoms with Crippen LogP contribution in [0.5, 0.6) is 11.5 Å². The Morgan fingerprint density at radius 1 is 1.11 bits per heavy atom. The van der Waals surface area contributed by atoms with Crippen molar-refractivity contribution in [2.45, 2.75) is 32.3 Å². The zero-order valence-electron chi connectivity index (χ0n) is 20.1. The average Bonchev–Trinajstić information content (AvgIpc) is 3.34. The lowest BCUT2D eigenvalue weighted by Crippen LogP contribution is -2.13. The van der Waals surface area contributed by atoms with E-state index < -0.39 is 15.7 Å². The molecular formula is C25H26N4O5S2. The number of nitriles is 1. The summed E-state index contributed by atoms with van der Waals surface area (Å²) >= 11 is 0.733. The molecule has 36 heavy (non-hydrogen) atoms. The second-order valence-corrected chi connectivity index (χ2v) is 10.7. The number of nitrogens with zero attached hydrogens (tertiary/aromatic N) is 3. The molecule has 1 N–H and O–H groups in total. The number of nitrogens with one attached hydrogen (secondary N) is 1. The third kappa shape index (κ3) is 7.13. The summed E-state index contributed by atoms with van der Waals surface area (Å²) in [5.41, 5.74) is 2.66. The molecule has 0 unspecified atom stereocenters. The van der Waals surface area contributed by atoms with Crippen molar-refractivity contribution < 1.29 is 22.7 Å². The molecule has 1 amide bonds. The van der Waals surface area contributed by atoms with Gasteiger partial charge in [-0.25, -0.2) is 8.42 Å². The maximum Gasteiger partial charge on any atom is 0.268 e. The van der Waals surface area contributed by atoms with Crippen LogP contribution in [0.3, 0.4) is 0 Å². The highest BCUT2D eigenvalue weighted by Gasteiger charge is 2.20. The molecule has 3 rings (SSSR count). The number of para-hydroxylation sites is 1. The Kier molecular flexibility index (Phi) is 9.16. The number of anilines is 1. The monoisotopic (exact) mass is 526 g/mol. The molecule has 1 heterocycles. The summed E-state index contributed by atoms with van der Waals surface area (Å²) in [5.74, 6) is 0.698. The molecule has 11 heteroatoms. The van der Waals surface area contributed by atoms with Crippen molar-refractivity contribution in [3.05, 3.63) is 64.7 Å². The molecule has 0 aliphatic heterocycles. The number of aromatic nitrogens is 2. The number of ether oxygens (including phenoxy) is 2. The molecule has 1 aromatic heterocycles. The second-order valence-electron chi connectivity index (χ2n) is 7.75. The van der Waals surface area contributed by atoms with Crippen molar-refractivity contribution in [3.63, 3.8) is 0 Å². The van der Waals surface area contributed by atoms with Crippen LogP contribution in [-0.4, -0.2) is 42.6 Å². The van der Waals surface area contributed by atoms with Gasteiger partial charge in [-0.15, -0.1) is 0 Å². The van der Waals surface area contributed by atoms with Crippen molar-refractivity contribution in [1.29, 1.82) is 5.26 Å². The predicted molar refractivity (Wildman–Crippen MR) is 138 cm³/mol. The lowest BCUT2D eigenvalue weighted by atomic mass is 10.1. The van der Waals surface area contributed by atoms with E-state index in [9.17, 15) is 18.5 Å². The molecule has 0 fully saturated rings. The predicted octanol–water partition coefficient (Wildman–Crippen LogP) is 4.34. The largest absolute Gasteiger partial charge is 0.493 e. The van der Waals surface area contributed by atoms with Crippen LogP contribution in [0.25, 0.3) is 6.08 Å². The first-order valence-electron chi connectivity index (χ1n) is 11.1. The minimum atomic E-state index is -3.58. The molecule has 0 bridgehead atoms. The van der Waals surface area contributed by atoms with Gasteiger partial charge in [-0.1, -0.05) is 37.3 Å². The van der Waals surface area contributed by atoms with Gasteiger partial charge in [0.15, 0.2) is 0 Å². The lowest BCUT2D eigenvalue weighted by Gasteiger charge is -2.12. The van der Waals surface area contributed by atoms with Gasteiger partial charge in [0.25, 0.3) is 11.1 Å². The fraction of sp³-hybridized carbons (Fsp3) is 0.280. The van der Waals surface area contributed by atoms with E-state index in [0.717, 1.165) is 28.4 Å². The molecule has 0 aliphatic carbocycles. The number of carbonyl (C=O) groups excluding carboxylic acids is 1. The summed E-state index contributed by atoms with van der Waals surface area (Å²) in [6.07, 6.45) is 2.13. The highest BCUT2D eigenvalue weighted by molar-refractivity contribution is 7.91. The standard InChI is InChI=1S/C25H26N4O5S2/c1-4-36(31,32)25-28-24(35-29-25)27-23(30)20(16-26)15-19-9-11-21(12-10-19)33-13-6-14-34-22-17(2)7-5-8-18(22)3/h5,7-12,15H,4,6,13-14H2,1-3H3,(H,27,28,29,30). The van der Waals surface area contributed by atoms with Crippen LogP contribution in [0, 0.1) is 25.2 Å². The number of carbonyl (C=O) groups is 1. The number of rotatable bonds is 11. The number of aryl methyl sites for hydroxylation is 2. The van der Waals surface area contributed by atoms with E-state index in [-0.39, 0.29) is 21.6 Å². The van der Waals surface area contributed by atoms with Crippen LogP contribution in [0.2, 0.25) is 0 Å². The van der Waals surface area contributed by atoms with Gasteiger partial charge in [-0.05, 0) is 48.7 Å². The van der Waals surface area contributed by atoms with Crippen LogP contribution in [-0.2, 0) is 14.6 Å². The third-order valence-corrected chi connectivity index (χ3v) is 7.30. The van der Waals surface area contributed by atoms with Crippen LogP contribution >= 0.6 is 11.5 Å². The summed E-state index contributed by atoms with van der Waals surface area (Å²) in [4.78, 5) is 16.3. The molecule has 0 radical (unpaired) electrons. The van der Waals surface area contributed by atoms with Gasteiger partial charge in [0.05, 0.1) is 19.0 Å². The Labute approximate surface area is 214 Å². The first-order valence-corrected chi connectivity index (χ1v) is 13.6. The Morgan fingerprint density at radius 2 is 1.78 bits per heavy atom. The quantitative estimate of drug-likeness (QED) is 0.222. The zero-order chi connectivity index (χ0) is 26.1. The number of benzene rings is 2. The normalized spacial score (nSPS) is 11.6. The average molecular weight is 527 g/mol. The van der Waals surface area contributed by atoms with Crippen LogP contribution in [0.4, 0.5) is 5.13 Å². The van der Waals surface area contributed by atoms with Gasteiger partial charge in [0, 0.05) is 18.0 Å². The molecule has 2 aromatic carbocycles. The molecular weight excluding hydrogens is 500 g/mol. The highest BCUT2D eigenvalue weighted by Crippen LogP contribution is 2.22. The van der Waals surface area contributed by atoms with Gasteiger partial charge >= 0.3 is 0 Å². The van der Waals surface area contributed by atoms with Gasteiger partial charge < -0.3 is 9.47 Å².